The first kappa shape index (κ1) is 14.1. The first-order valence-electron chi connectivity index (χ1n) is 6.45. The molecule has 1 aromatic heterocycles. The lowest BCUT2D eigenvalue weighted by molar-refractivity contribution is -0.138. The highest BCUT2D eigenvalue weighted by Crippen LogP contribution is 2.29. The molecule has 0 bridgehead atoms. The summed E-state index contributed by atoms with van der Waals surface area (Å²) >= 11 is 0. The van der Waals surface area contributed by atoms with Gasteiger partial charge in [0.15, 0.2) is 0 Å². The molecule has 0 saturated carbocycles. The van der Waals surface area contributed by atoms with E-state index in [-0.39, 0.29) is 5.92 Å². The fraction of sp³-hybridized carbons (Fsp3) is 0.333. The second kappa shape index (κ2) is 5.77. The van der Waals surface area contributed by atoms with Crippen LogP contribution in [-0.4, -0.2) is 29.2 Å². The van der Waals surface area contributed by atoms with Gasteiger partial charge >= 0.3 is 5.97 Å². The van der Waals surface area contributed by atoms with E-state index in [0.717, 1.165) is 16.5 Å². The van der Waals surface area contributed by atoms with E-state index >= 15 is 0 Å². The zero-order valence-electron chi connectivity index (χ0n) is 11.8. The summed E-state index contributed by atoms with van der Waals surface area (Å²) in [6, 6.07) is 6.79. The van der Waals surface area contributed by atoms with Crippen molar-refractivity contribution in [2.24, 2.45) is 5.92 Å². The lowest BCUT2D eigenvalue weighted by Gasteiger charge is -2.19. The molecular formula is C15H18N2O3. The van der Waals surface area contributed by atoms with Crippen LogP contribution < -0.4 is 10.1 Å². The van der Waals surface area contributed by atoms with Crippen LogP contribution in [0.3, 0.4) is 0 Å². The van der Waals surface area contributed by atoms with Gasteiger partial charge in [-0.15, -0.1) is 0 Å². The van der Waals surface area contributed by atoms with Crippen molar-refractivity contribution < 1.29 is 14.6 Å². The number of rotatable bonds is 5. The number of carbonyl (C=O) groups is 1. The van der Waals surface area contributed by atoms with E-state index < -0.39 is 12.0 Å². The van der Waals surface area contributed by atoms with Crippen molar-refractivity contribution in [1.82, 2.24) is 4.98 Å². The van der Waals surface area contributed by atoms with Crippen molar-refractivity contribution in [3.8, 4) is 5.75 Å². The van der Waals surface area contributed by atoms with Crippen molar-refractivity contribution in [1.29, 1.82) is 0 Å². The maximum absolute atomic E-state index is 11.3. The Morgan fingerprint density at radius 2 is 2.05 bits per heavy atom. The Kier molecular flexibility index (Phi) is 4.08. The lowest BCUT2D eigenvalue weighted by Crippen LogP contribution is -2.34. The fourth-order valence-corrected chi connectivity index (χ4v) is 2.13. The number of hydrogen-bond acceptors (Lipinski definition) is 4. The van der Waals surface area contributed by atoms with Crippen molar-refractivity contribution in [2.75, 3.05) is 12.4 Å². The third-order valence-corrected chi connectivity index (χ3v) is 3.21. The van der Waals surface area contributed by atoms with Crippen LogP contribution in [0.1, 0.15) is 13.8 Å². The lowest BCUT2D eigenvalue weighted by atomic mass is 10.0. The molecule has 20 heavy (non-hydrogen) atoms. The molecule has 2 N–H and O–H groups in total. The molecule has 2 rings (SSSR count). The molecule has 106 valence electrons. The Bertz CT molecular complexity index is 626. The molecule has 0 radical (unpaired) electrons. The van der Waals surface area contributed by atoms with Crippen LogP contribution in [0.25, 0.3) is 10.8 Å². The van der Waals surface area contributed by atoms with E-state index in [1.807, 2.05) is 38.1 Å². The predicted octanol–water partition coefficient (Wildman–Crippen LogP) is 2.76. The molecule has 1 aromatic carbocycles. The molecule has 0 amide bonds. The Labute approximate surface area is 117 Å². The monoisotopic (exact) mass is 274 g/mol. The Morgan fingerprint density at radius 3 is 2.65 bits per heavy atom. The summed E-state index contributed by atoms with van der Waals surface area (Å²) < 4.78 is 5.31. The van der Waals surface area contributed by atoms with Gasteiger partial charge in [0, 0.05) is 17.0 Å². The van der Waals surface area contributed by atoms with Crippen LogP contribution in [-0.2, 0) is 4.79 Å². The van der Waals surface area contributed by atoms with Gasteiger partial charge in [-0.1, -0.05) is 26.0 Å². The van der Waals surface area contributed by atoms with Gasteiger partial charge in [0.05, 0.1) is 7.11 Å². The number of anilines is 1. The molecule has 0 fully saturated rings. The van der Waals surface area contributed by atoms with E-state index in [4.69, 9.17) is 4.74 Å². The van der Waals surface area contributed by atoms with Crippen molar-refractivity contribution in [3.63, 3.8) is 0 Å². The minimum absolute atomic E-state index is 0.0461. The van der Waals surface area contributed by atoms with Crippen molar-refractivity contribution in [3.05, 3.63) is 30.5 Å². The number of carboxylic acids is 1. The summed E-state index contributed by atoms with van der Waals surface area (Å²) in [6.45, 7) is 3.72. The molecule has 0 aliphatic rings. The third-order valence-electron chi connectivity index (χ3n) is 3.21. The number of fused-ring (bicyclic) bond motifs is 1. The number of nitrogens with zero attached hydrogens (tertiary/aromatic N) is 1. The summed E-state index contributed by atoms with van der Waals surface area (Å²) in [4.78, 5) is 15.5. The van der Waals surface area contributed by atoms with Crippen molar-refractivity contribution >= 4 is 22.6 Å². The SMILES string of the molecule is COc1cccc2c(NC(C(=O)O)C(C)C)nccc12. The molecule has 0 spiro atoms. The Morgan fingerprint density at radius 1 is 1.30 bits per heavy atom. The highest BCUT2D eigenvalue weighted by atomic mass is 16.5. The molecule has 0 aliphatic heterocycles. The van der Waals surface area contributed by atoms with E-state index in [1.165, 1.54) is 0 Å². The number of nitrogens with one attached hydrogen (secondary N) is 1. The molecule has 5 nitrogen and oxygen atoms in total. The molecule has 0 aliphatic carbocycles. The molecule has 1 heterocycles. The van der Waals surface area contributed by atoms with Gasteiger partial charge in [-0.25, -0.2) is 9.78 Å². The van der Waals surface area contributed by atoms with Crippen LogP contribution in [0.2, 0.25) is 0 Å². The molecular weight excluding hydrogens is 256 g/mol. The quantitative estimate of drug-likeness (QED) is 0.877. The number of carboxylic acid groups (broad SMARTS) is 1. The van der Waals surface area contributed by atoms with Gasteiger partial charge in [-0.05, 0) is 18.1 Å². The molecule has 5 heteroatoms. The largest absolute Gasteiger partial charge is 0.496 e. The highest BCUT2D eigenvalue weighted by molar-refractivity contribution is 5.96. The summed E-state index contributed by atoms with van der Waals surface area (Å²) in [5.74, 6) is 0.365. The Hall–Kier alpha value is -2.30. The molecule has 1 atom stereocenters. The van der Waals surface area contributed by atoms with Gasteiger partial charge in [0.2, 0.25) is 0 Å². The number of methoxy groups -OCH3 is 1. The molecule has 0 saturated heterocycles. The van der Waals surface area contributed by atoms with Crippen LogP contribution in [0.4, 0.5) is 5.82 Å². The minimum Gasteiger partial charge on any atom is -0.496 e. The first-order chi connectivity index (χ1) is 9.54. The highest BCUT2D eigenvalue weighted by Gasteiger charge is 2.22. The first-order valence-corrected chi connectivity index (χ1v) is 6.45. The van der Waals surface area contributed by atoms with E-state index in [0.29, 0.717) is 5.82 Å². The predicted molar refractivity (Wildman–Crippen MR) is 78.2 cm³/mol. The fourth-order valence-electron chi connectivity index (χ4n) is 2.13. The minimum atomic E-state index is -0.887. The maximum atomic E-state index is 11.3. The van der Waals surface area contributed by atoms with Crippen LogP contribution in [0.5, 0.6) is 5.75 Å². The van der Waals surface area contributed by atoms with Crippen LogP contribution >= 0.6 is 0 Å². The van der Waals surface area contributed by atoms with Gasteiger partial charge < -0.3 is 15.2 Å². The number of aliphatic carboxylic acids is 1. The molecule has 2 aromatic rings. The zero-order chi connectivity index (χ0) is 14.7. The van der Waals surface area contributed by atoms with Gasteiger partial charge in [-0.3, -0.25) is 0 Å². The second-order valence-electron chi connectivity index (χ2n) is 4.92. The summed E-state index contributed by atoms with van der Waals surface area (Å²) in [7, 11) is 1.61. The summed E-state index contributed by atoms with van der Waals surface area (Å²) in [5.41, 5.74) is 0. The Balaban J connectivity index is 2.47. The normalized spacial score (nSPS) is 12.4. The topological polar surface area (TPSA) is 71.5 Å². The maximum Gasteiger partial charge on any atom is 0.326 e. The van der Waals surface area contributed by atoms with E-state index in [1.54, 1.807) is 13.3 Å². The standard InChI is InChI=1S/C15H18N2O3/c1-9(2)13(15(18)19)17-14-11-5-4-6-12(20-3)10(11)7-8-16-14/h4-9,13H,1-3H3,(H,16,17)(H,18,19). The third kappa shape index (κ3) is 2.66. The van der Waals surface area contributed by atoms with Crippen LogP contribution in [0, 0.1) is 5.92 Å². The van der Waals surface area contributed by atoms with E-state index in [2.05, 4.69) is 10.3 Å². The van der Waals surface area contributed by atoms with E-state index in [9.17, 15) is 9.90 Å². The smallest absolute Gasteiger partial charge is 0.326 e. The van der Waals surface area contributed by atoms with Crippen molar-refractivity contribution in [2.45, 2.75) is 19.9 Å². The average Bonchev–Trinajstić information content (AvgIpc) is 2.43. The number of aromatic nitrogens is 1. The van der Waals surface area contributed by atoms with Gasteiger partial charge in [-0.2, -0.15) is 0 Å². The van der Waals surface area contributed by atoms with Gasteiger partial charge in [0.1, 0.15) is 17.6 Å². The second-order valence-corrected chi connectivity index (χ2v) is 4.92. The number of hydrogen-bond donors (Lipinski definition) is 2. The number of pyridine rings is 1. The van der Waals surface area contributed by atoms with Crippen LogP contribution in [0.15, 0.2) is 30.5 Å². The average molecular weight is 274 g/mol. The molecule has 1 unspecified atom stereocenters. The number of benzene rings is 1. The summed E-state index contributed by atoms with van der Waals surface area (Å²) in [5, 5.41) is 14.0. The van der Waals surface area contributed by atoms with Gasteiger partial charge in [0.25, 0.3) is 0 Å². The summed E-state index contributed by atoms with van der Waals surface area (Å²) in [6.07, 6.45) is 1.65. The zero-order valence-corrected chi connectivity index (χ0v) is 11.8. The number of ether oxygens (including phenoxy) is 1.